The molecule has 0 aliphatic carbocycles. The normalized spacial score (nSPS) is 14.0. The number of pyridine rings is 1. The summed E-state index contributed by atoms with van der Waals surface area (Å²) in [5.41, 5.74) is 4.09. The summed E-state index contributed by atoms with van der Waals surface area (Å²) in [7, 11) is 1.61. The van der Waals surface area contributed by atoms with E-state index in [1.54, 1.807) is 43.6 Å². The second kappa shape index (κ2) is 8.48. The lowest BCUT2D eigenvalue weighted by atomic mass is 9.94. The fourth-order valence-electron chi connectivity index (χ4n) is 3.36. The van der Waals surface area contributed by atoms with Crippen LogP contribution in [-0.4, -0.2) is 23.6 Å². The van der Waals surface area contributed by atoms with Crippen LogP contribution in [0, 0.1) is 0 Å². The summed E-state index contributed by atoms with van der Waals surface area (Å²) in [5, 5.41) is 2.85. The standard InChI is InChI=1S/C26H24N2O3/c1-26(2)13-12-19-15-18(16-23(25(19)31-26)20-5-4-14-27-17-20)6-11-24(29)28-21-7-9-22(30-3)10-8-21/h4-17H,1-3H3,(H,28,29). The van der Waals surface area contributed by atoms with Crippen molar-refractivity contribution < 1.29 is 14.3 Å². The molecule has 5 heteroatoms. The number of nitrogens with one attached hydrogen (secondary N) is 1. The lowest BCUT2D eigenvalue weighted by Crippen LogP contribution is -2.27. The number of nitrogens with zero attached hydrogens (tertiary/aromatic N) is 1. The summed E-state index contributed by atoms with van der Waals surface area (Å²) in [4.78, 5) is 16.6. The Morgan fingerprint density at radius 3 is 2.68 bits per heavy atom. The summed E-state index contributed by atoms with van der Waals surface area (Å²) < 4.78 is 11.4. The van der Waals surface area contributed by atoms with Crippen LogP contribution in [0.5, 0.6) is 11.5 Å². The van der Waals surface area contributed by atoms with Crippen LogP contribution in [0.4, 0.5) is 5.69 Å². The Morgan fingerprint density at radius 2 is 1.97 bits per heavy atom. The maximum atomic E-state index is 12.4. The monoisotopic (exact) mass is 412 g/mol. The van der Waals surface area contributed by atoms with Gasteiger partial charge in [-0.05, 0) is 74.0 Å². The van der Waals surface area contributed by atoms with Gasteiger partial charge in [-0.1, -0.05) is 12.1 Å². The molecule has 3 aromatic rings. The highest BCUT2D eigenvalue weighted by Crippen LogP contribution is 2.40. The lowest BCUT2D eigenvalue weighted by Gasteiger charge is -2.30. The van der Waals surface area contributed by atoms with E-state index in [0.717, 1.165) is 33.8 Å². The molecule has 5 nitrogen and oxygen atoms in total. The van der Waals surface area contributed by atoms with Gasteiger partial charge in [0, 0.05) is 40.8 Å². The highest BCUT2D eigenvalue weighted by molar-refractivity contribution is 6.02. The van der Waals surface area contributed by atoms with Gasteiger partial charge < -0.3 is 14.8 Å². The van der Waals surface area contributed by atoms with Crippen molar-refractivity contribution in [1.29, 1.82) is 0 Å². The Balaban J connectivity index is 1.62. The predicted molar refractivity (Wildman–Crippen MR) is 124 cm³/mol. The molecule has 0 fully saturated rings. The van der Waals surface area contributed by atoms with Crippen LogP contribution in [0.25, 0.3) is 23.3 Å². The molecule has 1 aliphatic heterocycles. The Kier molecular flexibility index (Phi) is 5.58. The zero-order chi connectivity index (χ0) is 21.8. The van der Waals surface area contributed by atoms with Crippen LogP contribution in [0.1, 0.15) is 25.0 Å². The molecule has 0 atom stereocenters. The number of carbonyl (C=O) groups excluding carboxylic acids is 1. The van der Waals surface area contributed by atoms with Gasteiger partial charge in [-0.15, -0.1) is 0 Å². The SMILES string of the molecule is COc1ccc(NC(=O)C=Cc2cc3c(c(-c4cccnc4)c2)OC(C)(C)C=C3)cc1. The maximum Gasteiger partial charge on any atom is 0.248 e. The van der Waals surface area contributed by atoms with Crippen molar-refractivity contribution in [3.8, 4) is 22.6 Å². The van der Waals surface area contributed by atoms with Crippen molar-refractivity contribution >= 4 is 23.7 Å². The second-order valence-corrected chi connectivity index (χ2v) is 7.82. The van der Waals surface area contributed by atoms with Crippen LogP contribution in [0.15, 0.2) is 73.1 Å². The van der Waals surface area contributed by atoms with E-state index in [1.165, 1.54) is 6.08 Å². The van der Waals surface area contributed by atoms with Crippen molar-refractivity contribution in [3.05, 3.63) is 84.2 Å². The van der Waals surface area contributed by atoms with Gasteiger partial charge in [0.1, 0.15) is 17.1 Å². The molecular formula is C26H24N2O3. The highest BCUT2D eigenvalue weighted by Gasteiger charge is 2.24. The van der Waals surface area contributed by atoms with Crippen LogP contribution in [0.2, 0.25) is 0 Å². The molecule has 1 N–H and O–H groups in total. The number of rotatable bonds is 5. The molecule has 4 rings (SSSR count). The number of methoxy groups -OCH3 is 1. The first-order chi connectivity index (χ1) is 14.9. The Hall–Kier alpha value is -3.86. The van der Waals surface area contributed by atoms with E-state index in [4.69, 9.17) is 9.47 Å². The average molecular weight is 412 g/mol. The average Bonchev–Trinajstić information content (AvgIpc) is 2.78. The minimum atomic E-state index is -0.389. The Labute approximate surface area is 182 Å². The molecule has 0 saturated carbocycles. The molecule has 1 amide bonds. The lowest BCUT2D eigenvalue weighted by molar-refractivity contribution is -0.111. The second-order valence-electron chi connectivity index (χ2n) is 7.82. The third-order valence-corrected chi connectivity index (χ3v) is 4.93. The van der Waals surface area contributed by atoms with E-state index >= 15 is 0 Å². The third-order valence-electron chi connectivity index (χ3n) is 4.93. The highest BCUT2D eigenvalue weighted by atomic mass is 16.5. The minimum absolute atomic E-state index is 0.209. The largest absolute Gasteiger partial charge is 0.497 e. The molecule has 1 aromatic heterocycles. The number of aromatic nitrogens is 1. The fraction of sp³-hybridized carbons (Fsp3) is 0.154. The molecule has 31 heavy (non-hydrogen) atoms. The minimum Gasteiger partial charge on any atom is -0.497 e. The number of amides is 1. The first kappa shape index (κ1) is 20.4. The number of benzene rings is 2. The summed E-state index contributed by atoms with van der Waals surface area (Å²) >= 11 is 0. The van der Waals surface area contributed by atoms with Crippen LogP contribution >= 0.6 is 0 Å². The van der Waals surface area contributed by atoms with Crippen molar-refractivity contribution in [2.75, 3.05) is 12.4 Å². The van der Waals surface area contributed by atoms with Crippen LogP contribution in [-0.2, 0) is 4.79 Å². The molecule has 0 bridgehead atoms. The maximum absolute atomic E-state index is 12.4. The van der Waals surface area contributed by atoms with E-state index in [9.17, 15) is 4.79 Å². The van der Waals surface area contributed by atoms with Gasteiger partial charge in [0.2, 0.25) is 5.91 Å². The van der Waals surface area contributed by atoms with Gasteiger partial charge in [0.25, 0.3) is 0 Å². The number of hydrogen-bond acceptors (Lipinski definition) is 4. The van der Waals surface area contributed by atoms with Crippen molar-refractivity contribution in [2.24, 2.45) is 0 Å². The van der Waals surface area contributed by atoms with Gasteiger partial charge in [0.15, 0.2) is 0 Å². The first-order valence-electron chi connectivity index (χ1n) is 10.0. The van der Waals surface area contributed by atoms with E-state index in [1.807, 2.05) is 50.4 Å². The number of hydrogen-bond donors (Lipinski definition) is 1. The molecule has 2 heterocycles. The van der Waals surface area contributed by atoms with Gasteiger partial charge in [-0.2, -0.15) is 0 Å². The molecule has 0 saturated heterocycles. The van der Waals surface area contributed by atoms with E-state index in [2.05, 4.69) is 16.4 Å². The molecular weight excluding hydrogens is 388 g/mol. The number of carbonyl (C=O) groups is 1. The Bertz CT molecular complexity index is 1150. The van der Waals surface area contributed by atoms with E-state index in [-0.39, 0.29) is 11.5 Å². The van der Waals surface area contributed by atoms with Gasteiger partial charge in [0.05, 0.1) is 7.11 Å². The third kappa shape index (κ3) is 4.83. The van der Waals surface area contributed by atoms with Crippen molar-refractivity contribution in [2.45, 2.75) is 19.4 Å². The summed E-state index contributed by atoms with van der Waals surface area (Å²) in [6.45, 7) is 4.05. The van der Waals surface area contributed by atoms with Gasteiger partial charge >= 0.3 is 0 Å². The summed E-state index contributed by atoms with van der Waals surface area (Å²) in [6.07, 6.45) is 11.0. The van der Waals surface area contributed by atoms with E-state index < -0.39 is 0 Å². The van der Waals surface area contributed by atoms with Crippen LogP contribution in [0.3, 0.4) is 0 Å². The number of fused-ring (bicyclic) bond motifs is 1. The smallest absolute Gasteiger partial charge is 0.248 e. The number of anilines is 1. The zero-order valence-corrected chi connectivity index (χ0v) is 17.8. The van der Waals surface area contributed by atoms with Gasteiger partial charge in [-0.3, -0.25) is 9.78 Å². The van der Waals surface area contributed by atoms with Crippen molar-refractivity contribution in [3.63, 3.8) is 0 Å². The quantitative estimate of drug-likeness (QED) is 0.555. The summed E-state index contributed by atoms with van der Waals surface area (Å²) in [6, 6.07) is 15.1. The summed E-state index contributed by atoms with van der Waals surface area (Å²) in [5.74, 6) is 1.35. The van der Waals surface area contributed by atoms with E-state index in [0.29, 0.717) is 5.69 Å². The molecule has 1 aliphatic rings. The molecule has 156 valence electrons. The fourth-order valence-corrected chi connectivity index (χ4v) is 3.36. The predicted octanol–water partition coefficient (Wildman–Crippen LogP) is 5.59. The molecule has 0 spiro atoms. The van der Waals surface area contributed by atoms with Crippen LogP contribution < -0.4 is 14.8 Å². The molecule has 0 unspecified atom stereocenters. The number of ether oxygens (including phenoxy) is 2. The van der Waals surface area contributed by atoms with Gasteiger partial charge in [-0.25, -0.2) is 0 Å². The molecule has 0 radical (unpaired) electrons. The zero-order valence-electron chi connectivity index (χ0n) is 17.8. The Morgan fingerprint density at radius 1 is 1.16 bits per heavy atom. The topological polar surface area (TPSA) is 60.5 Å². The first-order valence-corrected chi connectivity index (χ1v) is 10.0. The van der Waals surface area contributed by atoms with Crippen molar-refractivity contribution in [1.82, 2.24) is 4.98 Å². The molecule has 2 aromatic carbocycles.